The van der Waals surface area contributed by atoms with E-state index in [-0.39, 0.29) is 11.8 Å². The van der Waals surface area contributed by atoms with Gasteiger partial charge in [-0.05, 0) is 51.0 Å². The Morgan fingerprint density at radius 2 is 1.76 bits per heavy atom. The third-order valence-electron chi connectivity index (χ3n) is 4.17. The Labute approximate surface area is 103 Å². The maximum atomic E-state index is 11.1. The second-order valence-corrected chi connectivity index (χ2v) is 5.41. The predicted molar refractivity (Wildman–Crippen MR) is 66.5 cm³/mol. The summed E-state index contributed by atoms with van der Waals surface area (Å²) in [6, 6.07) is 0.591. The molecule has 2 rings (SSSR count). The van der Waals surface area contributed by atoms with Gasteiger partial charge >= 0.3 is 0 Å². The first-order chi connectivity index (χ1) is 8.25. The monoisotopic (exact) mass is 240 g/mol. The summed E-state index contributed by atoms with van der Waals surface area (Å²) in [6.45, 7) is 2.94. The highest BCUT2D eigenvalue weighted by Gasteiger charge is 2.25. The quantitative estimate of drug-likeness (QED) is 0.772. The van der Waals surface area contributed by atoms with Crippen LogP contribution in [0.1, 0.15) is 38.5 Å². The molecule has 1 aliphatic heterocycles. The SMILES string of the molecule is NC(=O)C1CCC(NCC2CCOCC2)CC1. The fraction of sp³-hybridized carbons (Fsp3) is 0.923. The summed E-state index contributed by atoms with van der Waals surface area (Å²) in [5.74, 6) is 0.779. The molecule has 2 fully saturated rings. The Kier molecular flexibility index (Phi) is 4.80. The lowest BCUT2D eigenvalue weighted by Crippen LogP contribution is -2.39. The summed E-state index contributed by atoms with van der Waals surface area (Å²) in [5, 5.41) is 3.64. The van der Waals surface area contributed by atoms with E-state index in [1.807, 2.05) is 0 Å². The minimum Gasteiger partial charge on any atom is -0.381 e. The Morgan fingerprint density at radius 1 is 1.12 bits per heavy atom. The number of carbonyl (C=O) groups is 1. The number of ether oxygens (including phenoxy) is 1. The van der Waals surface area contributed by atoms with Gasteiger partial charge in [-0.1, -0.05) is 0 Å². The molecule has 4 heteroatoms. The Hall–Kier alpha value is -0.610. The standard InChI is InChI=1S/C13H24N2O2/c14-13(16)11-1-3-12(4-2-11)15-9-10-5-7-17-8-6-10/h10-12,15H,1-9H2,(H2,14,16). The molecule has 17 heavy (non-hydrogen) atoms. The highest BCUT2D eigenvalue weighted by Crippen LogP contribution is 2.24. The molecule has 1 saturated carbocycles. The molecule has 0 atom stereocenters. The van der Waals surface area contributed by atoms with E-state index in [1.165, 1.54) is 12.8 Å². The van der Waals surface area contributed by atoms with Crippen molar-refractivity contribution < 1.29 is 9.53 Å². The second-order valence-electron chi connectivity index (χ2n) is 5.41. The lowest BCUT2D eigenvalue weighted by Gasteiger charge is -2.30. The highest BCUT2D eigenvalue weighted by molar-refractivity contribution is 5.76. The summed E-state index contributed by atoms with van der Waals surface area (Å²) < 4.78 is 5.35. The molecular formula is C13H24N2O2. The van der Waals surface area contributed by atoms with Gasteiger partial charge < -0.3 is 15.8 Å². The minimum absolute atomic E-state index is 0.118. The van der Waals surface area contributed by atoms with E-state index in [0.29, 0.717) is 6.04 Å². The third kappa shape index (κ3) is 3.96. The number of nitrogens with one attached hydrogen (secondary N) is 1. The van der Waals surface area contributed by atoms with Crippen LogP contribution in [0.2, 0.25) is 0 Å². The largest absolute Gasteiger partial charge is 0.381 e. The second kappa shape index (κ2) is 6.36. The molecule has 0 bridgehead atoms. The van der Waals surface area contributed by atoms with Gasteiger partial charge in [-0.15, -0.1) is 0 Å². The van der Waals surface area contributed by atoms with E-state index < -0.39 is 0 Å². The predicted octanol–water partition coefficient (Wildman–Crippen LogP) is 1.05. The van der Waals surface area contributed by atoms with Gasteiger partial charge in [0, 0.05) is 25.2 Å². The summed E-state index contributed by atoms with van der Waals surface area (Å²) in [6.07, 6.45) is 6.47. The molecule has 98 valence electrons. The number of nitrogens with two attached hydrogens (primary N) is 1. The molecule has 4 nitrogen and oxygen atoms in total. The number of carbonyl (C=O) groups excluding carboxylic acids is 1. The van der Waals surface area contributed by atoms with E-state index in [2.05, 4.69) is 5.32 Å². The van der Waals surface area contributed by atoms with Crippen molar-refractivity contribution >= 4 is 5.91 Å². The Bertz CT molecular complexity index is 244. The molecule has 1 amide bonds. The van der Waals surface area contributed by atoms with E-state index in [1.54, 1.807) is 0 Å². The van der Waals surface area contributed by atoms with Crippen molar-refractivity contribution in [2.24, 2.45) is 17.6 Å². The number of primary amides is 1. The highest BCUT2D eigenvalue weighted by atomic mass is 16.5. The number of hydrogen-bond acceptors (Lipinski definition) is 3. The van der Waals surface area contributed by atoms with Gasteiger partial charge in [-0.2, -0.15) is 0 Å². The normalized spacial score (nSPS) is 31.3. The zero-order valence-electron chi connectivity index (χ0n) is 10.5. The van der Waals surface area contributed by atoms with Gasteiger partial charge in [-0.3, -0.25) is 4.79 Å². The lowest BCUT2D eigenvalue weighted by molar-refractivity contribution is -0.122. The van der Waals surface area contributed by atoms with Crippen LogP contribution in [-0.2, 0) is 9.53 Å². The molecule has 2 aliphatic rings. The van der Waals surface area contributed by atoms with Crippen LogP contribution >= 0.6 is 0 Å². The number of rotatable bonds is 4. The average Bonchev–Trinajstić information content (AvgIpc) is 2.38. The molecule has 1 aliphatic carbocycles. The van der Waals surface area contributed by atoms with E-state index in [4.69, 9.17) is 10.5 Å². The molecule has 0 radical (unpaired) electrons. The molecule has 0 spiro atoms. The summed E-state index contributed by atoms with van der Waals surface area (Å²) >= 11 is 0. The minimum atomic E-state index is -0.118. The smallest absolute Gasteiger partial charge is 0.220 e. The zero-order chi connectivity index (χ0) is 12.1. The number of amides is 1. The third-order valence-corrected chi connectivity index (χ3v) is 4.17. The number of hydrogen-bond donors (Lipinski definition) is 2. The first-order valence-corrected chi connectivity index (χ1v) is 6.86. The van der Waals surface area contributed by atoms with E-state index in [0.717, 1.165) is 51.4 Å². The van der Waals surface area contributed by atoms with E-state index >= 15 is 0 Å². The van der Waals surface area contributed by atoms with Crippen LogP contribution in [0.25, 0.3) is 0 Å². The average molecular weight is 240 g/mol. The molecule has 0 unspecified atom stereocenters. The fourth-order valence-corrected chi connectivity index (χ4v) is 2.87. The summed E-state index contributed by atoms with van der Waals surface area (Å²) in [4.78, 5) is 11.1. The topological polar surface area (TPSA) is 64.4 Å². The van der Waals surface area contributed by atoms with Crippen LogP contribution in [-0.4, -0.2) is 31.7 Å². The molecule has 0 aromatic heterocycles. The molecule has 0 aromatic rings. The van der Waals surface area contributed by atoms with Gasteiger partial charge in [0.05, 0.1) is 0 Å². The van der Waals surface area contributed by atoms with Gasteiger partial charge in [0.15, 0.2) is 0 Å². The van der Waals surface area contributed by atoms with Crippen molar-refractivity contribution in [3.8, 4) is 0 Å². The molecular weight excluding hydrogens is 216 g/mol. The maximum absolute atomic E-state index is 11.1. The molecule has 0 aromatic carbocycles. The summed E-state index contributed by atoms with van der Waals surface area (Å²) in [7, 11) is 0. The van der Waals surface area contributed by atoms with Crippen LogP contribution < -0.4 is 11.1 Å². The Morgan fingerprint density at radius 3 is 2.35 bits per heavy atom. The van der Waals surface area contributed by atoms with Crippen molar-refractivity contribution in [3.05, 3.63) is 0 Å². The van der Waals surface area contributed by atoms with Crippen molar-refractivity contribution in [2.75, 3.05) is 19.8 Å². The lowest BCUT2D eigenvalue weighted by atomic mass is 9.85. The zero-order valence-corrected chi connectivity index (χ0v) is 10.5. The maximum Gasteiger partial charge on any atom is 0.220 e. The molecule has 1 saturated heterocycles. The van der Waals surface area contributed by atoms with Crippen LogP contribution in [0.15, 0.2) is 0 Å². The van der Waals surface area contributed by atoms with Crippen molar-refractivity contribution in [1.82, 2.24) is 5.32 Å². The fourth-order valence-electron chi connectivity index (χ4n) is 2.87. The van der Waals surface area contributed by atoms with Crippen LogP contribution in [0.4, 0.5) is 0 Å². The van der Waals surface area contributed by atoms with Gasteiger partial charge in [0.1, 0.15) is 0 Å². The van der Waals surface area contributed by atoms with Crippen LogP contribution in [0.3, 0.4) is 0 Å². The van der Waals surface area contributed by atoms with Gasteiger partial charge in [0.2, 0.25) is 5.91 Å². The first kappa shape index (κ1) is 12.8. The van der Waals surface area contributed by atoms with Gasteiger partial charge in [0.25, 0.3) is 0 Å². The van der Waals surface area contributed by atoms with Crippen LogP contribution in [0, 0.1) is 11.8 Å². The van der Waals surface area contributed by atoms with Crippen molar-refractivity contribution in [2.45, 2.75) is 44.6 Å². The van der Waals surface area contributed by atoms with Crippen molar-refractivity contribution in [1.29, 1.82) is 0 Å². The van der Waals surface area contributed by atoms with Crippen LogP contribution in [0.5, 0.6) is 0 Å². The van der Waals surface area contributed by atoms with Crippen molar-refractivity contribution in [3.63, 3.8) is 0 Å². The first-order valence-electron chi connectivity index (χ1n) is 6.86. The summed E-state index contributed by atoms with van der Waals surface area (Å²) in [5.41, 5.74) is 5.33. The van der Waals surface area contributed by atoms with E-state index in [9.17, 15) is 4.79 Å². The molecule has 3 N–H and O–H groups in total. The molecule has 1 heterocycles. The Balaban J connectivity index is 1.62. The van der Waals surface area contributed by atoms with Gasteiger partial charge in [-0.25, -0.2) is 0 Å².